The van der Waals surface area contributed by atoms with Gasteiger partial charge in [-0.3, -0.25) is 0 Å². The van der Waals surface area contributed by atoms with Gasteiger partial charge in [0.1, 0.15) is 11.1 Å². The molecule has 0 radical (unpaired) electrons. The molecule has 0 saturated carbocycles. The highest BCUT2D eigenvalue weighted by Crippen LogP contribution is 2.29. The predicted octanol–water partition coefficient (Wildman–Crippen LogP) is 3.45. The zero-order valence-corrected chi connectivity index (χ0v) is 13.4. The van der Waals surface area contributed by atoms with Gasteiger partial charge in [-0.15, -0.1) is 0 Å². The van der Waals surface area contributed by atoms with Crippen molar-refractivity contribution in [2.75, 3.05) is 14.2 Å². The molecule has 1 N–H and O–H groups in total. The van der Waals surface area contributed by atoms with Crippen LogP contribution in [0.15, 0.2) is 35.9 Å². The first-order valence-electron chi connectivity index (χ1n) is 6.24. The SMILES string of the molecule is C=C(NC(=S)C(C#N)=C(C)C)c1ccc(OC)c(OC)c1. The number of thiocarbonyl (C=S) groups is 1. The number of hydrogen-bond donors (Lipinski definition) is 1. The quantitative estimate of drug-likeness (QED) is 0.513. The Bertz CT molecular complexity index is 638. The Balaban J connectivity index is 2.98. The van der Waals surface area contributed by atoms with E-state index in [4.69, 9.17) is 27.0 Å². The van der Waals surface area contributed by atoms with Gasteiger partial charge in [-0.05, 0) is 32.0 Å². The summed E-state index contributed by atoms with van der Waals surface area (Å²) in [4.78, 5) is 0.359. The van der Waals surface area contributed by atoms with Crippen LogP contribution < -0.4 is 14.8 Å². The first-order valence-corrected chi connectivity index (χ1v) is 6.65. The molecule has 5 heteroatoms. The standard InChI is InChI=1S/C16H18N2O2S/c1-10(2)13(9-17)16(21)18-11(3)12-6-7-14(19-4)15(8-12)20-5/h6-8H,3H2,1-2,4-5H3,(H,18,21). The molecule has 0 fully saturated rings. The highest BCUT2D eigenvalue weighted by Gasteiger charge is 2.10. The van der Waals surface area contributed by atoms with E-state index in [0.717, 1.165) is 11.1 Å². The van der Waals surface area contributed by atoms with Gasteiger partial charge in [0.05, 0.1) is 19.8 Å². The van der Waals surface area contributed by atoms with Gasteiger partial charge in [-0.25, -0.2) is 0 Å². The lowest BCUT2D eigenvalue weighted by atomic mass is 10.1. The molecular weight excluding hydrogens is 284 g/mol. The molecule has 1 aromatic rings. The highest BCUT2D eigenvalue weighted by molar-refractivity contribution is 7.80. The lowest BCUT2D eigenvalue weighted by Crippen LogP contribution is -2.21. The Morgan fingerprint density at radius 1 is 1.24 bits per heavy atom. The number of methoxy groups -OCH3 is 2. The van der Waals surface area contributed by atoms with Gasteiger partial charge in [0.2, 0.25) is 0 Å². The summed E-state index contributed by atoms with van der Waals surface area (Å²) in [5.74, 6) is 1.24. The van der Waals surface area contributed by atoms with Crippen LogP contribution in [0.4, 0.5) is 0 Å². The maximum Gasteiger partial charge on any atom is 0.161 e. The summed E-state index contributed by atoms with van der Waals surface area (Å²) < 4.78 is 10.4. The van der Waals surface area contributed by atoms with Gasteiger partial charge in [-0.1, -0.05) is 24.4 Å². The maximum atomic E-state index is 9.10. The third kappa shape index (κ3) is 4.07. The average Bonchev–Trinajstić information content (AvgIpc) is 2.46. The fraction of sp³-hybridized carbons (Fsp3) is 0.250. The lowest BCUT2D eigenvalue weighted by molar-refractivity contribution is 0.355. The molecule has 0 unspecified atom stereocenters. The minimum Gasteiger partial charge on any atom is -0.493 e. The van der Waals surface area contributed by atoms with E-state index < -0.39 is 0 Å². The van der Waals surface area contributed by atoms with Gasteiger partial charge in [0.15, 0.2) is 11.5 Å². The molecule has 0 aliphatic heterocycles. The number of nitrogens with zero attached hydrogens (tertiary/aromatic N) is 1. The van der Waals surface area contributed by atoms with Crippen LogP contribution in [0.25, 0.3) is 5.70 Å². The van der Waals surface area contributed by atoms with Gasteiger partial charge in [-0.2, -0.15) is 5.26 Å². The topological polar surface area (TPSA) is 54.3 Å². The molecule has 0 bridgehead atoms. The second kappa shape index (κ2) is 7.46. The van der Waals surface area contributed by atoms with Crippen molar-refractivity contribution in [3.05, 3.63) is 41.5 Å². The number of rotatable bonds is 5. The Kier molecular flexibility index (Phi) is 5.94. The van der Waals surface area contributed by atoms with E-state index >= 15 is 0 Å². The van der Waals surface area contributed by atoms with E-state index in [-0.39, 0.29) is 0 Å². The Morgan fingerprint density at radius 3 is 2.33 bits per heavy atom. The number of ether oxygens (including phenoxy) is 2. The van der Waals surface area contributed by atoms with Crippen LogP contribution in [-0.4, -0.2) is 19.2 Å². The molecule has 1 aromatic carbocycles. The third-order valence-corrected chi connectivity index (χ3v) is 3.14. The summed E-state index contributed by atoms with van der Waals surface area (Å²) >= 11 is 5.23. The molecule has 0 heterocycles. The lowest BCUT2D eigenvalue weighted by Gasteiger charge is -2.13. The summed E-state index contributed by atoms with van der Waals surface area (Å²) in [6.07, 6.45) is 0. The Labute approximate surface area is 130 Å². The van der Waals surface area contributed by atoms with Crippen molar-refractivity contribution >= 4 is 22.9 Å². The number of nitriles is 1. The number of nitrogens with one attached hydrogen (secondary N) is 1. The van der Waals surface area contributed by atoms with E-state index in [0.29, 0.717) is 27.8 Å². The van der Waals surface area contributed by atoms with E-state index in [1.807, 2.05) is 19.9 Å². The molecule has 0 aliphatic rings. The summed E-state index contributed by atoms with van der Waals surface area (Å²) in [7, 11) is 3.15. The summed E-state index contributed by atoms with van der Waals surface area (Å²) in [6, 6.07) is 7.52. The maximum absolute atomic E-state index is 9.10. The van der Waals surface area contributed by atoms with Crippen LogP contribution in [-0.2, 0) is 0 Å². The van der Waals surface area contributed by atoms with E-state index in [2.05, 4.69) is 18.0 Å². The smallest absolute Gasteiger partial charge is 0.161 e. The molecule has 0 aliphatic carbocycles. The first kappa shape index (κ1) is 16.7. The number of hydrogen-bond acceptors (Lipinski definition) is 4. The summed E-state index contributed by atoms with van der Waals surface area (Å²) in [6.45, 7) is 7.62. The van der Waals surface area contributed by atoms with Crippen LogP contribution in [0.1, 0.15) is 19.4 Å². The number of allylic oxidation sites excluding steroid dienone is 1. The van der Waals surface area contributed by atoms with E-state index in [1.54, 1.807) is 26.4 Å². The van der Waals surface area contributed by atoms with Crippen molar-refractivity contribution in [3.8, 4) is 17.6 Å². The van der Waals surface area contributed by atoms with Crippen molar-refractivity contribution in [1.82, 2.24) is 5.32 Å². The van der Waals surface area contributed by atoms with Crippen molar-refractivity contribution < 1.29 is 9.47 Å². The molecule has 4 nitrogen and oxygen atoms in total. The largest absolute Gasteiger partial charge is 0.493 e. The van der Waals surface area contributed by atoms with Crippen molar-refractivity contribution in [1.29, 1.82) is 5.26 Å². The first-order chi connectivity index (χ1) is 9.94. The fourth-order valence-corrected chi connectivity index (χ4v) is 2.06. The zero-order chi connectivity index (χ0) is 16.0. The van der Waals surface area contributed by atoms with Gasteiger partial charge >= 0.3 is 0 Å². The van der Waals surface area contributed by atoms with E-state index in [1.165, 1.54) is 0 Å². The summed E-state index contributed by atoms with van der Waals surface area (Å²) in [5.41, 5.74) is 2.71. The second-order valence-electron chi connectivity index (χ2n) is 4.49. The van der Waals surface area contributed by atoms with Crippen molar-refractivity contribution in [2.24, 2.45) is 0 Å². The molecule has 110 valence electrons. The normalized spacial score (nSPS) is 9.29. The van der Waals surface area contributed by atoms with Gasteiger partial charge in [0.25, 0.3) is 0 Å². The molecule has 0 amide bonds. The number of benzene rings is 1. The van der Waals surface area contributed by atoms with Crippen LogP contribution in [0, 0.1) is 11.3 Å². The van der Waals surface area contributed by atoms with Crippen molar-refractivity contribution in [2.45, 2.75) is 13.8 Å². The molecule has 0 saturated heterocycles. The van der Waals surface area contributed by atoms with Crippen LogP contribution in [0.3, 0.4) is 0 Å². The molecule has 0 aromatic heterocycles. The fourth-order valence-electron chi connectivity index (χ4n) is 1.69. The molecule has 1 rings (SSSR count). The molecule has 0 spiro atoms. The minimum absolute atomic E-state index is 0.359. The second-order valence-corrected chi connectivity index (χ2v) is 4.90. The molecular formula is C16H18N2O2S. The minimum atomic E-state index is 0.359. The predicted molar refractivity (Wildman–Crippen MR) is 88.3 cm³/mol. The van der Waals surface area contributed by atoms with Crippen LogP contribution >= 0.6 is 12.2 Å². The molecule has 0 atom stereocenters. The average molecular weight is 302 g/mol. The molecule has 21 heavy (non-hydrogen) atoms. The van der Waals surface area contributed by atoms with Crippen LogP contribution in [0.5, 0.6) is 11.5 Å². The van der Waals surface area contributed by atoms with Crippen molar-refractivity contribution in [3.63, 3.8) is 0 Å². The summed E-state index contributed by atoms with van der Waals surface area (Å²) in [5, 5.41) is 12.1. The Hall–Kier alpha value is -2.32. The Morgan fingerprint density at radius 2 is 1.86 bits per heavy atom. The third-order valence-electron chi connectivity index (χ3n) is 2.84. The zero-order valence-electron chi connectivity index (χ0n) is 12.6. The van der Waals surface area contributed by atoms with E-state index in [9.17, 15) is 0 Å². The van der Waals surface area contributed by atoms with Crippen LogP contribution in [0.2, 0.25) is 0 Å². The van der Waals surface area contributed by atoms with Gasteiger partial charge < -0.3 is 14.8 Å². The van der Waals surface area contributed by atoms with Gasteiger partial charge in [0, 0.05) is 11.3 Å². The monoisotopic (exact) mass is 302 g/mol. The highest BCUT2D eigenvalue weighted by atomic mass is 32.1.